The number of carbonyl (C=O) groups excluding carboxylic acids is 1. The van der Waals surface area contributed by atoms with Crippen LogP contribution >= 0.6 is 0 Å². The van der Waals surface area contributed by atoms with E-state index in [-0.39, 0.29) is 11.8 Å². The molecule has 3 N–H and O–H groups in total. The average Bonchev–Trinajstić information content (AvgIpc) is 2.73. The highest BCUT2D eigenvalue weighted by molar-refractivity contribution is 5.80. The van der Waals surface area contributed by atoms with E-state index in [1.165, 1.54) is 11.1 Å². The van der Waals surface area contributed by atoms with E-state index in [4.69, 9.17) is 0 Å². The summed E-state index contributed by atoms with van der Waals surface area (Å²) in [7, 11) is 1.76. The largest absolute Gasteiger partial charge is 0.356 e. The fraction of sp³-hybridized carbons (Fsp3) is 0.391. The topological polar surface area (TPSA) is 65.5 Å². The molecule has 0 saturated heterocycles. The zero-order chi connectivity index (χ0) is 20.2. The SMILES string of the molecule is CN=C(NCCNC(=O)C(C)C)NCCC(c1ccccc1)c1ccccc1. The number of nitrogens with zero attached hydrogens (tertiary/aromatic N) is 1. The first kappa shape index (κ1) is 21.5. The second kappa shape index (κ2) is 11.8. The summed E-state index contributed by atoms with van der Waals surface area (Å²) in [4.78, 5) is 15.9. The van der Waals surface area contributed by atoms with Crippen molar-refractivity contribution in [3.63, 3.8) is 0 Å². The summed E-state index contributed by atoms with van der Waals surface area (Å²) in [5.41, 5.74) is 2.63. The zero-order valence-electron chi connectivity index (χ0n) is 17.1. The van der Waals surface area contributed by atoms with Gasteiger partial charge in [0.25, 0.3) is 0 Å². The van der Waals surface area contributed by atoms with Gasteiger partial charge in [-0.1, -0.05) is 74.5 Å². The molecule has 0 bridgehead atoms. The quantitative estimate of drug-likeness (QED) is 0.356. The molecule has 5 heteroatoms. The summed E-state index contributed by atoms with van der Waals surface area (Å²) >= 11 is 0. The van der Waals surface area contributed by atoms with Gasteiger partial charge in [-0.3, -0.25) is 9.79 Å². The normalized spacial score (nSPS) is 11.5. The van der Waals surface area contributed by atoms with Gasteiger partial charge in [0.05, 0.1) is 0 Å². The molecule has 0 radical (unpaired) electrons. The van der Waals surface area contributed by atoms with Crippen molar-refractivity contribution in [1.82, 2.24) is 16.0 Å². The Morgan fingerprint density at radius 3 is 1.82 bits per heavy atom. The summed E-state index contributed by atoms with van der Waals surface area (Å²) in [6.45, 7) is 5.79. The van der Waals surface area contributed by atoms with Gasteiger partial charge < -0.3 is 16.0 Å². The van der Waals surface area contributed by atoms with Crippen LogP contribution in [0.3, 0.4) is 0 Å². The molecule has 0 atom stereocenters. The first-order chi connectivity index (χ1) is 13.6. The second-order valence-corrected chi connectivity index (χ2v) is 7.03. The number of hydrogen-bond acceptors (Lipinski definition) is 2. The number of carbonyl (C=O) groups is 1. The van der Waals surface area contributed by atoms with Crippen molar-refractivity contribution in [2.24, 2.45) is 10.9 Å². The maximum Gasteiger partial charge on any atom is 0.222 e. The van der Waals surface area contributed by atoms with E-state index in [2.05, 4.69) is 69.5 Å². The van der Waals surface area contributed by atoms with Crippen molar-refractivity contribution in [2.75, 3.05) is 26.7 Å². The van der Waals surface area contributed by atoms with Gasteiger partial charge in [-0.05, 0) is 17.5 Å². The molecule has 0 unspecified atom stereocenters. The third-order valence-corrected chi connectivity index (χ3v) is 4.59. The molecule has 5 nitrogen and oxygen atoms in total. The number of amides is 1. The third kappa shape index (κ3) is 7.06. The summed E-state index contributed by atoms with van der Waals surface area (Å²) in [5.74, 6) is 1.15. The van der Waals surface area contributed by atoms with Crippen LogP contribution in [0, 0.1) is 5.92 Å². The fourth-order valence-corrected chi connectivity index (χ4v) is 3.02. The lowest BCUT2D eigenvalue weighted by atomic mass is 9.88. The van der Waals surface area contributed by atoms with E-state index in [1.54, 1.807) is 7.05 Å². The van der Waals surface area contributed by atoms with E-state index in [1.807, 2.05) is 26.0 Å². The van der Waals surface area contributed by atoms with Crippen LogP contribution in [0.4, 0.5) is 0 Å². The third-order valence-electron chi connectivity index (χ3n) is 4.59. The first-order valence-corrected chi connectivity index (χ1v) is 9.94. The number of rotatable bonds is 9. The van der Waals surface area contributed by atoms with Crippen LogP contribution in [0.1, 0.15) is 37.3 Å². The second-order valence-electron chi connectivity index (χ2n) is 7.03. The molecule has 0 aromatic heterocycles. The summed E-state index contributed by atoms with van der Waals surface area (Å²) < 4.78 is 0. The Morgan fingerprint density at radius 1 is 0.821 bits per heavy atom. The van der Waals surface area contributed by atoms with E-state index in [9.17, 15) is 4.79 Å². The molecule has 0 aliphatic rings. The van der Waals surface area contributed by atoms with Crippen LogP contribution in [-0.4, -0.2) is 38.5 Å². The van der Waals surface area contributed by atoms with E-state index in [0.717, 1.165) is 18.9 Å². The number of aliphatic imine (C=N–C) groups is 1. The van der Waals surface area contributed by atoms with Crippen LogP contribution < -0.4 is 16.0 Å². The summed E-state index contributed by atoms with van der Waals surface area (Å²) in [5, 5.41) is 9.51. The molecule has 0 aliphatic heterocycles. The van der Waals surface area contributed by atoms with Crippen molar-refractivity contribution in [3.05, 3.63) is 71.8 Å². The van der Waals surface area contributed by atoms with Gasteiger partial charge >= 0.3 is 0 Å². The predicted molar refractivity (Wildman–Crippen MR) is 117 cm³/mol. The molecule has 2 rings (SSSR count). The lowest BCUT2D eigenvalue weighted by Gasteiger charge is -2.19. The molecule has 0 saturated carbocycles. The van der Waals surface area contributed by atoms with Crippen LogP contribution in [-0.2, 0) is 4.79 Å². The van der Waals surface area contributed by atoms with Crippen molar-refractivity contribution in [1.29, 1.82) is 0 Å². The van der Waals surface area contributed by atoms with Crippen LogP contribution in [0.15, 0.2) is 65.7 Å². The Labute approximate surface area is 168 Å². The molecule has 28 heavy (non-hydrogen) atoms. The molecule has 150 valence electrons. The van der Waals surface area contributed by atoms with E-state index < -0.39 is 0 Å². The van der Waals surface area contributed by atoms with Gasteiger partial charge in [0.1, 0.15) is 0 Å². The minimum absolute atomic E-state index is 0.00495. The highest BCUT2D eigenvalue weighted by atomic mass is 16.1. The van der Waals surface area contributed by atoms with Crippen molar-refractivity contribution < 1.29 is 4.79 Å². The average molecular weight is 381 g/mol. The van der Waals surface area contributed by atoms with E-state index >= 15 is 0 Å². The van der Waals surface area contributed by atoms with Crippen molar-refractivity contribution in [2.45, 2.75) is 26.2 Å². The zero-order valence-corrected chi connectivity index (χ0v) is 17.1. The molecule has 0 spiro atoms. The van der Waals surface area contributed by atoms with E-state index in [0.29, 0.717) is 19.0 Å². The number of nitrogens with one attached hydrogen (secondary N) is 3. The lowest BCUT2D eigenvalue weighted by Crippen LogP contribution is -2.42. The predicted octanol–water partition coefficient (Wildman–Crippen LogP) is 3.15. The van der Waals surface area contributed by atoms with Crippen molar-refractivity contribution >= 4 is 11.9 Å². The molecule has 2 aromatic carbocycles. The molecule has 1 amide bonds. The lowest BCUT2D eigenvalue weighted by molar-refractivity contribution is -0.123. The van der Waals surface area contributed by atoms with Gasteiger partial charge in [0.15, 0.2) is 5.96 Å². The Morgan fingerprint density at radius 2 is 1.32 bits per heavy atom. The monoisotopic (exact) mass is 380 g/mol. The molecular formula is C23H32N4O. The standard InChI is InChI=1S/C23H32N4O/c1-18(2)22(28)25-16-17-27-23(24-3)26-15-14-21(19-10-6-4-7-11-19)20-12-8-5-9-13-20/h4-13,18,21H,14-17H2,1-3H3,(H,25,28)(H2,24,26,27). The minimum atomic E-state index is 0.00495. The molecule has 2 aromatic rings. The Bertz CT molecular complexity index is 689. The maximum atomic E-state index is 11.6. The summed E-state index contributed by atoms with van der Waals surface area (Å²) in [6, 6.07) is 21.2. The number of guanidine groups is 1. The van der Waals surface area contributed by atoms with Crippen molar-refractivity contribution in [3.8, 4) is 0 Å². The van der Waals surface area contributed by atoms with Gasteiger partial charge in [0.2, 0.25) is 5.91 Å². The molecule has 0 fully saturated rings. The van der Waals surface area contributed by atoms with Crippen LogP contribution in [0.5, 0.6) is 0 Å². The minimum Gasteiger partial charge on any atom is -0.356 e. The molecule has 0 aliphatic carbocycles. The Balaban J connectivity index is 1.84. The van der Waals surface area contributed by atoms with Crippen LogP contribution in [0.25, 0.3) is 0 Å². The fourth-order valence-electron chi connectivity index (χ4n) is 3.02. The number of benzene rings is 2. The van der Waals surface area contributed by atoms with Gasteiger partial charge in [-0.25, -0.2) is 0 Å². The highest BCUT2D eigenvalue weighted by Crippen LogP contribution is 2.27. The maximum absolute atomic E-state index is 11.6. The Hall–Kier alpha value is -2.82. The van der Waals surface area contributed by atoms with Gasteiger partial charge in [0, 0.05) is 38.5 Å². The van der Waals surface area contributed by atoms with Gasteiger partial charge in [-0.2, -0.15) is 0 Å². The first-order valence-electron chi connectivity index (χ1n) is 9.94. The van der Waals surface area contributed by atoms with Gasteiger partial charge in [-0.15, -0.1) is 0 Å². The van der Waals surface area contributed by atoms with Crippen LogP contribution in [0.2, 0.25) is 0 Å². The highest BCUT2D eigenvalue weighted by Gasteiger charge is 2.13. The molecular weight excluding hydrogens is 348 g/mol. The smallest absolute Gasteiger partial charge is 0.222 e. The molecule has 0 heterocycles. The number of hydrogen-bond donors (Lipinski definition) is 3. The Kier molecular flexibility index (Phi) is 9.05. The summed E-state index contributed by atoms with van der Waals surface area (Å²) in [6.07, 6.45) is 0.957.